The van der Waals surface area contributed by atoms with Crippen molar-refractivity contribution in [2.45, 2.75) is 19.5 Å². The molecule has 0 spiro atoms. The lowest BCUT2D eigenvalue weighted by atomic mass is 10.3. The number of thiocarbonyl (C=S) groups is 1. The highest BCUT2D eigenvalue weighted by Gasteiger charge is 2.28. The topological polar surface area (TPSA) is 102 Å². The first-order chi connectivity index (χ1) is 13.8. The van der Waals surface area contributed by atoms with E-state index < -0.39 is 37.9 Å². The number of carbonyl (C=O) groups excluding carboxylic acids is 2. The van der Waals surface area contributed by atoms with E-state index in [1.54, 1.807) is 6.92 Å². The lowest BCUT2D eigenvalue weighted by Gasteiger charge is -2.26. The number of methoxy groups -OCH3 is 2. The zero-order valence-electron chi connectivity index (χ0n) is 16.0. The molecule has 0 fully saturated rings. The van der Waals surface area contributed by atoms with Gasteiger partial charge >= 0.3 is 12.1 Å². The summed E-state index contributed by atoms with van der Waals surface area (Å²) in [4.78, 5) is 27.6. The van der Waals surface area contributed by atoms with Crippen molar-refractivity contribution in [3.63, 3.8) is 0 Å². The zero-order valence-corrected chi connectivity index (χ0v) is 16.8. The number of esters is 1. The summed E-state index contributed by atoms with van der Waals surface area (Å²) in [6, 6.07) is 0. The van der Waals surface area contributed by atoms with Gasteiger partial charge in [-0.3, -0.25) is 5.32 Å². The number of H-pyrrole nitrogens is 1. The predicted molar refractivity (Wildman–Crippen MR) is 101 cm³/mol. The van der Waals surface area contributed by atoms with Crippen LogP contribution in [0.1, 0.15) is 17.4 Å². The fourth-order valence-corrected chi connectivity index (χ4v) is 2.46. The quantitative estimate of drug-likeness (QED) is 0.421. The van der Waals surface area contributed by atoms with Gasteiger partial charge in [0.15, 0.2) is 16.6 Å². The van der Waals surface area contributed by atoms with E-state index in [4.69, 9.17) is 26.4 Å². The van der Waals surface area contributed by atoms with Crippen molar-refractivity contribution >= 4 is 35.1 Å². The standard InChI is InChI=1S/C16H22F3N3O6S/c1-4-27-16(24)21-15(29)22(5-6-28-9(7-17)13(18)19)12-10(25-2)8-20-11(12)14(23)26-3/h8-9,13,20H,4-7H2,1-3H3,(H,21,24,29). The smallest absolute Gasteiger partial charge is 0.413 e. The van der Waals surface area contributed by atoms with Crippen LogP contribution in [-0.2, 0) is 14.2 Å². The molecule has 1 unspecified atom stereocenters. The molecule has 1 heterocycles. The molecular formula is C16H22F3N3O6S. The van der Waals surface area contributed by atoms with Gasteiger partial charge in [-0.1, -0.05) is 0 Å². The van der Waals surface area contributed by atoms with Gasteiger partial charge in [0.25, 0.3) is 6.43 Å². The van der Waals surface area contributed by atoms with E-state index >= 15 is 0 Å². The molecular weight excluding hydrogens is 419 g/mol. The lowest BCUT2D eigenvalue weighted by molar-refractivity contribution is -0.0628. The number of nitrogens with one attached hydrogen (secondary N) is 2. The first kappa shape index (κ1) is 24.5. The summed E-state index contributed by atoms with van der Waals surface area (Å²) in [5.41, 5.74) is -0.00754. The molecule has 0 saturated heterocycles. The van der Waals surface area contributed by atoms with Crippen molar-refractivity contribution in [3.8, 4) is 5.75 Å². The maximum atomic E-state index is 12.7. The molecule has 0 radical (unpaired) electrons. The minimum atomic E-state index is -3.02. The Balaban J connectivity index is 3.17. The second-order valence-corrected chi connectivity index (χ2v) is 5.66. The number of rotatable bonds is 10. The van der Waals surface area contributed by atoms with Crippen LogP contribution in [0.4, 0.5) is 23.7 Å². The molecule has 2 N–H and O–H groups in total. The zero-order chi connectivity index (χ0) is 22.0. The Morgan fingerprint density at radius 1 is 1.34 bits per heavy atom. The van der Waals surface area contributed by atoms with E-state index in [0.717, 1.165) is 7.11 Å². The molecule has 1 rings (SSSR count). The Morgan fingerprint density at radius 3 is 2.55 bits per heavy atom. The molecule has 1 amide bonds. The van der Waals surface area contributed by atoms with Gasteiger partial charge in [0.1, 0.15) is 18.5 Å². The summed E-state index contributed by atoms with van der Waals surface area (Å²) in [5, 5.41) is 2.04. The highest BCUT2D eigenvalue weighted by Crippen LogP contribution is 2.33. The van der Waals surface area contributed by atoms with Crippen molar-refractivity contribution < 1.29 is 41.7 Å². The van der Waals surface area contributed by atoms with Gasteiger partial charge in [0, 0.05) is 12.7 Å². The molecule has 0 aliphatic carbocycles. The number of ether oxygens (including phenoxy) is 4. The number of nitrogens with zero attached hydrogens (tertiary/aromatic N) is 1. The third-order valence-corrected chi connectivity index (χ3v) is 3.83. The number of alkyl halides is 3. The molecule has 1 aromatic heterocycles. The number of hydrogen-bond donors (Lipinski definition) is 2. The average molecular weight is 441 g/mol. The second-order valence-electron chi connectivity index (χ2n) is 5.27. The highest BCUT2D eigenvalue weighted by atomic mass is 32.1. The Labute approximate surface area is 170 Å². The summed E-state index contributed by atoms with van der Waals surface area (Å²) < 4.78 is 57.5. The maximum absolute atomic E-state index is 12.7. The fourth-order valence-electron chi connectivity index (χ4n) is 2.20. The van der Waals surface area contributed by atoms with Gasteiger partial charge in [-0.05, 0) is 19.1 Å². The highest BCUT2D eigenvalue weighted by molar-refractivity contribution is 7.80. The first-order valence-electron chi connectivity index (χ1n) is 8.35. The number of aromatic amines is 1. The predicted octanol–water partition coefficient (Wildman–Crippen LogP) is 2.27. The summed E-state index contributed by atoms with van der Waals surface area (Å²) in [6.45, 7) is -0.361. The van der Waals surface area contributed by atoms with Crippen molar-refractivity contribution in [2.75, 3.05) is 45.6 Å². The van der Waals surface area contributed by atoms with Crippen LogP contribution in [0.3, 0.4) is 0 Å². The number of amides is 1. The van der Waals surface area contributed by atoms with Crippen LogP contribution >= 0.6 is 12.2 Å². The van der Waals surface area contributed by atoms with E-state index in [0.29, 0.717) is 0 Å². The Hall–Kier alpha value is -2.54. The first-order valence-corrected chi connectivity index (χ1v) is 8.76. The largest absolute Gasteiger partial charge is 0.493 e. The number of carbonyl (C=O) groups is 2. The molecule has 1 atom stereocenters. The Morgan fingerprint density at radius 2 is 2.03 bits per heavy atom. The van der Waals surface area contributed by atoms with Gasteiger partial charge in [-0.25, -0.2) is 22.8 Å². The maximum Gasteiger partial charge on any atom is 0.413 e. The Bertz CT molecular complexity index is 703. The van der Waals surface area contributed by atoms with Crippen molar-refractivity contribution in [2.24, 2.45) is 0 Å². The molecule has 0 saturated carbocycles. The van der Waals surface area contributed by atoms with Crippen molar-refractivity contribution in [1.29, 1.82) is 0 Å². The van der Waals surface area contributed by atoms with Gasteiger partial charge in [0.05, 0.1) is 27.4 Å². The minimum absolute atomic E-state index is 0.0681. The van der Waals surface area contributed by atoms with E-state index in [9.17, 15) is 22.8 Å². The van der Waals surface area contributed by atoms with Gasteiger partial charge in [0.2, 0.25) is 0 Å². The van der Waals surface area contributed by atoms with Crippen LogP contribution in [0.25, 0.3) is 0 Å². The van der Waals surface area contributed by atoms with E-state index in [1.807, 2.05) is 0 Å². The monoisotopic (exact) mass is 441 g/mol. The number of anilines is 1. The number of aromatic nitrogens is 1. The van der Waals surface area contributed by atoms with Crippen LogP contribution in [0.5, 0.6) is 5.75 Å². The molecule has 13 heteroatoms. The second kappa shape index (κ2) is 12.1. The van der Waals surface area contributed by atoms with Crippen LogP contribution in [0.15, 0.2) is 6.20 Å². The summed E-state index contributed by atoms with van der Waals surface area (Å²) in [7, 11) is 2.47. The molecule has 0 bridgehead atoms. The van der Waals surface area contributed by atoms with Gasteiger partial charge in [-0.15, -0.1) is 0 Å². The number of alkyl carbamates (subject to hydrolysis) is 1. The van der Waals surface area contributed by atoms with E-state index in [-0.39, 0.29) is 35.4 Å². The van der Waals surface area contributed by atoms with Crippen molar-refractivity contribution in [1.82, 2.24) is 10.3 Å². The molecule has 0 aliphatic heterocycles. The summed E-state index contributed by atoms with van der Waals surface area (Å²) in [6.07, 6.45) is -4.47. The lowest BCUT2D eigenvalue weighted by Crippen LogP contribution is -2.45. The number of halogens is 3. The third-order valence-electron chi connectivity index (χ3n) is 3.51. The molecule has 9 nitrogen and oxygen atoms in total. The van der Waals surface area contributed by atoms with Crippen LogP contribution in [0.2, 0.25) is 0 Å². The van der Waals surface area contributed by atoms with Crippen LogP contribution in [-0.4, -0.2) is 75.3 Å². The molecule has 0 aliphatic rings. The summed E-state index contributed by atoms with van der Waals surface area (Å²) >= 11 is 5.18. The minimum Gasteiger partial charge on any atom is -0.493 e. The normalized spacial score (nSPS) is 11.7. The third kappa shape index (κ3) is 6.78. The van der Waals surface area contributed by atoms with Gasteiger partial charge < -0.3 is 28.8 Å². The average Bonchev–Trinajstić information content (AvgIpc) is 3.10. The fraction of sp³-hybridized carbons (Fsp3) is 0.562. The number of hydrogen-bond acceptors (Lipinski definition) is 7. The molecule has 164 valence electrons. The molecule has 0 aromatic carbocycles. The SMILES string of the molecule is CCOC(=O)NC(=S)N(CCOC(CF)C(F)F)c1c(OC)c[nH]c1C(=O)OC. The van der Waals surface area contributed by atoms with E-state index in [1.165, 1.54) is 18.2 Å². The van der Waals surface area contributed by atoms with Crippen LogP contribution in [0, 0.1) is 0 Å². The van der Waals surface area contributed by atoms with E-state index in [2.05, 4.69) is 15.0 Å². The Kier molecular flexibility index (Phi) is 10.2. The van der Waals surface area contributed by atoms with Gasteiger partial charge in [-0.2, -0.15) is 0 Å². The summed E-state index contributed by atoms with van der Waals surface area (Å²) in [5.74, 6) is -0.628. The molecule has 1 aromatic rings. The van der Waals surface area contributed by atoms with Crippen molar-refractivity contribution in [3.05, 3.63) is 11.9 Å². The molecule has 29 heavy (non-hydrogen) atoms. The van der Waals surface area contributed by atoms with Crippen LogP contribution < -0.4 is 15.0 Å².